The Morgan fingerprint density at radius 3 is 2.50 bits per heavy atom. The van der Waals surface area contributed by atoms with Gasteiger partial charge in [0.15, 0.2) is 0 Å². The molecule has 0 unspecified atom stereocenters. The van der Waals surface area contributed by atoms with Gasteiger partial charge in [0.25, 0.3) is 0 Å². The van der Waals surface area contributed by atoms with Crippen molar-refractivity contribution in [2.75, 3.05) is 0 Å². The maximum atomic E-state index is 9.39. The number of thioether (sulfide) groups is 1. The van der Waals surface area contributed by atoms with E-state index in [1.807, 2.05) is 36.4 Å². The zero-order chi connectivity index (χ0) is 13.0. The third-order valence-corrected chi connectivity index (χ3v) is 3.81. The predicted octanol–water partition coefficient (Wildman–Crippen LogP) is 4.08. The zero-order valence-corrected chi connectivity index (χ0v) is 11.6. The van der Waals surface area contributed by atoms with Crippen LogP contribution in [-0.2, 0) is 5.75 Å². The molecule has 0 aliphatic heterocycles. The van der Waals surface area contributed by atoms with E-state index in [2.05, 4.69) is 4.98 Å². The van der Waals surface area contributed by atoms with Crippen molar-refractivity contribution in [2.24, 2.45) is 0 Å². The molecule has 1 heterocycles. The number of halogens is 1. The SMILES string of the molecule is C[C@H](O)c1ccc(SCc2ccc(Cl)cc2)nc1. The Morgan fingerprint density at radius 1 is 1.22 bits per heavy atom. The molecule has 18 heavy (non-hydrogen) atoms. The van der Waals surface area contributed by atoms with E-state index >= 15 is 0 Å². The maximum Gasteiger partial charge on any atom is 0.0963 e. The highest BCUT2D eigenvalue weighted by molar-refractivity contribution is 7.98. The molecule has 0 saturated heterocycles. The molecule has 0 aliphatic rings. The molecule has 0 fully saturated rings. The van der Waals surface area contributed by atoms with Crippen molar-refractivity contribution in [3.8, 4) is 0 Å². The quantitative estimate of drug-likeness (QED) is 0.856. The fourth-order valence-electron chi connectivity index (χ4n) is 1.46. The predicted molar refractivity (Wildman–Crippen MR) is 75.9 cm³/mol. The highest BCUT2D eigenvalue weighted by Crippen LogP contribution is 2.22. The van der Waals surface area contributed by atoms with Gasteiger partial charge < -0.3 is 5.11 Å². The molecule has 0 saturated carbocycles. The number of pyridine rings is 1. The van der Waals surface area contributed by atoms with E-state index in [1.165, 1.54) is 5.56 Å². The molecular formula is C14H14ClNOS. The van der Waals surface area contributed by atoms with E-state index in [0.29, 0.717) is 0 Å². The van der Waals surface area contributed by atoms with Crippen LogP contribution in [0.5, 0.6) is 0 Å². The first kappa shape index (κ1) is 13.4. The summed E-state index contributed by atoms with van der Waals surface area (Å²) in [6, 6.07) is 11.6. The molecule has 0 radical (unpaired) electrons. The van der Waals surface area contributed by atoms with Gasteiger partial charge in [-0.2, -0.15) is 0 Å². The van der Waals surface area contributed by atoms with Crippen molar-refractivity contribution >= 4 is 23.4 Å². The minimum atomic E-state index is -0.465. The molecule has 0 bridgehead atoms. The second-order valence-electron chi connectivity index (χ2n) is 4.02. The molecule has 1 aromatic heterocycles. The van der Waals surface area contributed by atoms with E-state index in [4.69, 9.17) is 11.6 Å². The van der Waals surface area contributed by atoms with Crippen LogP contribution >= 0.6 is 23.4 Å². The number of aliphatic hydroxyl groups excluding tert-OH is 1. The molecule has 0 aliphatic carbocycles. The number of hydrogen-bond acceptors (Lipinski definition) is 3. The average Bonchev–Trinajstić information content (AvgIpc) is 2.38. The van der Waals surface area contributed by atoms with Gasteiger partial charge in [-0.1, -0.05) is 29.8 Å². The summed E-state index contributed by atoms with van der Waals surface area (Å²) in [4.78, 5) is 4.31. The molecule has 94 valence electrons. The summed E-state index contributed by atoms with van der Waals surface area (Å²) >= 11 is 7.50. The van der Waals surface area contributed by atoms with Crippen molar-refractivity contribution in [1.82, 2.24) is 4.98 Å². The van der Waals surface area contributed by atoms with Gasteiger partial charge in [0.2, 0.25) is 0 Å². The van der Waals surface area contributed by atoms with Crippen LogP contribution in [0.3, 0.4) is 0 Å². The Balaban J connectivity index is 1.95. The third kappa shape index (κ3) is 3.73. The highest BCUT2D eigenvalue weighted by atomic mass is 35.5. The van der Waals surface area contributed by atoms with Crippen LogP contribution in [0.25, 0.3) is 0 Å². The lowest BCUT2D eigenvalue weighted by Crippen LogP contribution is -1.92. The Morgan fingerprint density at radius 2 is 1.94 bits per heavy atom. The van der Waals surface area contributed by atoms with Gasteiger partial charge in [0.05, 0.1) is 11.1 Å². The molecule has 2 nitrogen and oxygen atoms in total. The first-order valence-corrected chi connectivity index (χ1v) is 7.03. The van der Waals surface area contributed by atoms with Gasteiger partial charge in [-0.15, -0.1) is 11.8 Å². The van der Waals surface area contributed by atoms with E-state index in [1.54, 1.807) is 24.9 Å². The molecule has 0 spiro atoms. The van der Waals surface area contributed by atoms with Gasteiger partial charge in [0, 0.05) is 17.0 Å². The lowest BCUT2D eigenvalue weighted by Gasteiger charge is -2.05. The second-order valence-corrected chi connectivity index (χ2v) is 5.45. The summed E-state index contributed by atoms with van der Waals surface area (Å²) < 4.78 is 0. The van der Waals surface area contributed by atoms with Crippen LogP contribution in [0, 0.1) is 0 Å². The van der Waals surface area contributed by atoms with E-state index in [0.717, 1.165) is 21.4 Å². The first-order valence-electron chi connectivity index (χ1n) is 5.66. The second kappa shape index (κ2) is 6.23. The number of aliphatic hydroxyl groups is 1. The Labute approximate surface area is 116 Å². The highest BCUT2D eigenvalue weighted by Gasteiger charge is 2.02. The number of nitrogens with zero attached hydrogens (tertiary/aromatic N) is 1. The van der Waals surface area contributed by atoms with Crippen LogP contribution in [0.4, 0.5) is 0 Å². The summed E-state index contributed by atoms with van der Waals surface area (Å²) in [6.45, 7) is 1.73. The summed E-state index contributed by atoms with van der Waals surface area (Å²) in [6.07, 6.45) is 1.25. The van der Waals surface area contributed by atoms with Crippen LogP contribution in [0.15, 0.2) is 47.6 Å². The standard InChI is InChI=1S/C14H14ClNOS/c1-10(17)12-4-7-14(16-8-12)18-9-11-2-5-13(15)6-3-11/h2-8,10,17H,9H2,1H3/t10-/m0/s1. The summed E-state index contributed by atoms with van der Waals surface area (Å²) in [5, 5.41) is 11.1. The number of hydrogen-bond donors (Lipinski definition) is 1. The van der Waals surface area contributed by atoms with Crippen LogP contribution in [-0.4, -0.2) is 10.1 Å². The van der Waals surface area contributed by atoms with Crippen molar-refractivity contribution in [2.45, 2.75) is 23.8 Å². The molecule has 1 N–H and O–H groups in total. The molecule has 2 aromatic rings. The van der Waals surface area contributed by atoms with Gasteiger partial charge in [-0.25, -0.2) is 4.98 Å². The molecule has 2 rings (SSSR count). The molecular weight excluding hydrogens is 266 g/mol. The van der Waals surface area contributed by atoms with Crippen molar-refractivity contribution in [1.29, 1.82) is 0 Å². The minimum Gasteiger partial charge on any atom is -0.389 e. The van der Waals surface area contributed by atoms with E-state index in [-0.39, 0.29) is 0 Å². The van der Waals surface area contributed by atoms with Crippen molar-refractivity contribution < 1.29 is 5.11 Å². The van der Waals surface area contributed by atoms with Gasteiger partial charge in [0.1, 0.15) is 0 Å². The van der Waals surface area contributed by atoms with E-state index < -0.39 is 6.10 Å². The van der Waals surface area contributed by atoms with Crippen molar-refractivity contribution in [3.05, 3.63) is 58.7 Å². The van der Waals surface area contributed by atoms with Crippen LogP contribution in [0.1, 0.15) is 24.2 Å². The fourth-order valence-corrected chi connectivity index (χ4v) is 2.39. The molecule has 4 heteroatoms. The average molecular weight is 280 g/mol. The third-order valence-electron chi connectivity index (χ3n) is 2.54. The molecule has 0 amide bonds. The van der Waals surface area contributed by atoms with E-state index in [9.17, 15) is 5.11 Å². The van der Waals surface area contributed by atoms with Gasteiger partial charge >= 0.3 is 0 Å². The fraction of sp³-hybridized carbons (Fsp3) is 0.214. The Kier molecular flexibility index (Phi) is 4.64. The minimum absolute atomic E-state index is 0.465. The lowest BCUT2D eigenvalue weighted by atomic mass is 10.2. The van der Waals surface area contributed by atoms with Crippen LogP contribution < -0.4 is 0 Å². The molecule has 1 aromatic carbocycles. The van der Waals surface area contributed by atoms with Crippen LogP contribution in [0.2, 0.25) is 5.02 Å². The Hall–Kier alpha value is -1.03. The number of aromatic nitrogens is 1. The number of rotatable bonds is 4. The van der Waals surface area contributed by atoms with Gasteiger partial charge in [-0.3, -0.25) is 0 Å². The molecule has 1 atom stereocenters. The summed E-state index contributed by atoms with van der Waals surface area (Å²) in [7, 11) is 0. The largest absolute Gasteiger partial charge is 0.389 e. The topological polar surface area (TPSA) is 33.1 Å². The Bertz CT molecular complexity index is 496. The zero-order valence-electron chi connectivity index (χ0n) is 10.0. The lowest BCUT2D eigenvalue weighted by molar-refractivity contribution is 0.198. The summed E-state index contributed by atoms with van der Waals surface area (Å²) in [5.74, 6) is 0.859. The summed E-state index contributed by atoms with van der Waals surface area (Å²) in [5.41, 5.74) is 2.05. The number of benzene rings is 1. The first-order chi connectivity index (χ1) is 8.65. The monoisotopic (exact) mass is 279 g/mol. The van der Waals surface area contributed by atoms with Gasteiger partial charge in [-0.05, 0) is 36.2 Å². The smallest absolute Gasteiger partial charge is 0.0963 e. The normalized spacial score (nSPS) is 12.4. The van der Waals surface area contributed by atoms with Crippen molar-refractivity contribution in [3.63, 3.8) is 0 Å². The maximum absolute atomic E-state index is 9.39.